The molecule has 2 atom stereocenters. The molecule has 1 N–H and O–H groups in total. The third-order valence-electron chi connectivity index (χ3n) is 4.10. The number of aromatic nitrogens is 1. The van der Waals surface area contributed by atoms with Crippen molar-refractivity contribution in [1.82, 2.24) is 9.88 Å². The summed E-state index contributed by atoms with van der Waals surface area (Å²) in [5.41, 5.74) is 2.28. The number of carbonyl (C=O) groups is 1. The Kier molecular flexibility index (Phi) is 3.97. The van der Waals surface area contributed by atoms with Crippen LogP contribution in [-0.4, -0.2) is 34.0 Å². The minimum absolute atomic E-state index is 0.0363. The monoisotopic (exact) mass is 282 g/mol. The SMILES string of the molecule is O=C(O)[C@@H]1CN(Cc2ccccc2)C[C@@H]1c1ccncc1. The number of nitrogens with zero attached hydrogens (tertiary/aromatic N) is 2. The van der Waals surface area contributed by atoms with Crippen molar-refractivity contribution in [3.63, 3.8) is 0 Å². The Morgan fingerprint density at radius 3 is 2.52 bits per heavy atom. The summed E-state index contributed by atoms with van der Waals surface area (Å²) >= 11 is 0. The van der Waals surface area contributed by atoms with Crippen molar-refractivity contribution >= 4 is 5.97 Å². The maximum atomic E-state index is 11.5. The van der Waals surface area contributed by atoms with E-state index in [4.69, 9.17) is 0 Å². The van der Waals surface area contributed by atoms with Gasteiger partial charge in [-0.15, -0.1) is 0 Å². The van der Waals surface area contributed by atoms with Gasteiger partial charge in [0.1, 0.15) is 0 Å². The maximum absolute atomic E-state index is 11.5. The zero-order chi connectivity index (χ0) is 14.7. The van der Waals surface area contributed by atoms with Crippen LogP contribution in [0.5, 0.6) is 0 Å². The summed E-state index contributed by atoms with van der Waals surface area (Å²) in [7, 11) is 0. The van der Waals surface area contributed by atoms with E-state index in [-0.39, 0.29) is 11.8 Å². The lowest BCUT2D eigenvalue weighted by atomic mass is 9.90. The van der Waals surface area contributed by atoms with Crippen LogP contribution in [0.1, 0.15) is 17.0 Å². The summed E-state index contributed by atoms with van der Waals surface area (Å²) in [4.78, 5) is 17.8. The van der Waals surface area contributed by atoms with Crippen LogP contribution in [0.25, 0.3) is 0 Å². The quantitative estimate of drug-likeness (QED) is 0.935. The molecule has 0 bridgehead atoms. The fourth-order valence-corrected chi connectivity index (χ4v) is 3.05. The first-order chi connectivity index (χ1) is 10.2. The van der Waals surface area contributed by atoms with Gasteiger partial charge in [-0.2, -0.15) is 0 Å². The van der Waals surface area contributed by atoms with Gasteiger partial charge in [0.15, 0.2) is 0 Å². The number of carboxylic acid groups (broad SMARTS) is 1. The van der Waals surface area contributed by atoms with Gasteiger partial charge >= 0.3 is 5.97 Å². The Morgan fingerprint density at radius 2 is 1.86 bits per heavy atom. The molecule has 2 heterocycles. The van der Waals surface area contributed by atoms with Gasteiger partial charge in [-0.25, -0.2) is 0 Å². The van der Waals surface area contributed by atoms with E-state index < -0.39 is 5.97 Å². The van der Waals surface area contributed by atoms with Gasteiger partial charge in [-0.3, -0.25) is 14.7 Å². The summed E-state index contributed by atoms with van der Waals surface area (Å²) in [6.45, 7) is 2.17. The Morgan fingerprint density at radius 1 is 1.14 bits per heavy atom. The van der Waals surface area contributed by atoms with Crippen LogP contribution < -0.4 is 0 Å². The van der Waals surface area contributed by atoms with E-state index in [1.165, 1.54) is 5.56 Å². The Hall–Kier alpha value is -2.20. The average molecular weight is 282 g/mol. The number of hydrogen-bond donors (Lipinski definition) is 1. The molecule has 0 radical (unpaired) electrons. The summed E-state index contributed by atoms with van der Waals surface area (Å²) < 4.78 is 0. The molecule has 0 unspecified atom stereocenters. The number of aliphatic carboxylic acids is 1. The second-order valence-corrected chi connectivity index (χ2v) is 5.51. The van der Waals surface area contributed by atoms with Crippen LogP contribution in [-0.2, 0) is 11.3 Å². The van der Waals surface area contributed by atoms with E-state index in [9.17, 15) is 9.90 Å². The molecular weight excluding hydrogens is 264 g/mol. The number of likely N-dealkylation sites (tertiary alicyclic amines) is 1. The molecule has 0 amide bonds. The maximum Gasteiger partial charge on any atom is 0.308 e. The van der Waals surface area contributed by atoms with Crippen LogP contribution >= 0.6 is 0 Å². The highest BCUT2D eigenvalue weighted by atomic mass is 16.4. The third kappa shape index (κ3) is 3.11. The van der Waals surface area contributed by atoms with Gasteiger partial charge in [0, 0.05) is 37.9 Å². The fraction of sp³-hybridized carbons (Fsp3) is 0.294. The number of pyridine rings is 1. The second kappa shape index (κ2) is 6.06. The zero-order valence-electron chi connectivity index (χ0n) is 11.7. The molecule has 4 heteroatoms. The molecule has 1 aromatic carbocycles. The zero-order valence-corrected chi connectivity index (χ0v) is 11.7. The molecule has 0 spiro atoms. The van der Waals surface area contributed by atoms with E-state index in [1.807, 2.05) is 30.3 Å². The van der Waals surface area contributed by atoms with E-state index >= 15 is 0 Å². The third-order valence-corrected chi connectivity index (χ3v) is 4.10. The highest BCUT2D eigenvalue weighted by molar-refractivity contribution is 5.72. The van der Waals surface area contributed by atoms with Crippen LogP contribution in [0, 0.1) is 5.92 Å². The highest BCUT2D eigenvalue weighted by Crippen LogP contribution is 2.33. The minimum Gasteiger partial charge on any atom is -0.481 e. The summed E-state index contributed by atoms with van der Waals surface area (Å²) in [6, 6.07) is 14.0. The van der Waals surface area contributed by atoms with Crippen molar-refractivity contribution < 1.29 is 9.90 Å². The minimum atomic E-state index is -0.715. The summed E-state index contributed by atoms with van der Waals surface area (Å²) in [5.74, 6) is -1.03. The first-order valence-corrected chi connectivity index (χ1v) is 7.13. The van der Waals surface area contributed by atoms with E-state index in [2.05, 4.69) is 22.0 Å². The Balaban J connectivity index is 1.77. The van der Waals surface area contributed by atoms with Gasteiger partial charge < -0.3 is 5.11 Å². The predicted molar refractivity (Wildman–Crippen MR) is 79.8 cm³/mol. The molecule has 108 valence electrons. The molecule has 1 aliphatic heterocycles. The number of rotatable bonds is 4. The molecule has 1 saturated heterocycles. The summed E-state index contributed by atoms with van der Waals surface area (Å²) in [6.07, 6.45) is 3.46. The molecule has 4 nitrogen and oxygen atoms in total. The highest BCUT2D eigenvalue weighted by Gasteiger charge is 2.38. The van der Waals surface area contributed by atoms with Crippen LogP contribution in [0.15, 0.2) is 54.9 Å². The van der Waals surface area contributed by atoms with Gasteiger partial charge in [-0.05, 0) is 23.3 Å². The molecule has 21 heavy (non-hydrogen) atoms. The average Bonchev–Trinajstić information content (AvgIpc) is 2.93. The van der Waals surface area contributed by atoms with Gasteiger partial charge in [-0.1, -0.05) is 30.3 Å². The van der Waals surface area contributed by atoms with E-state index in [0.717, 1.165) is 18.7 Å². The van der Waals surface area contributed by atoms with Crippen molar-refractivity contribution in [3.8, 4) is 0 Å². The Bertz CT molecular complexity index is 601. The lowest BCUT2D eigenvalue weighted by Crippen LogP contribution is -2.23. The van der Waals surface area contributed by atoms with Gasteiger partial charge in [0.05, 0.1) is 5.92 Å². The number of carboxylic acids is 1. The fourth-order valence-electron chi connectivity index (χ4n) is 3.05. The van der Waals surface area contributed by atoms with Gasteiger partial charge in [0.2, 0.25) is 0 Å². The molecular formula is C17H18N2O2. The van der Waals surface area contributed by atoms with E-state index in [1.54, 1.807) is 12.4 Å². The van der Waals surface area contributed by atoms with Crippen LogP contribution in [0.2, 0.25) is 0 Å². The largest absolute Gasteiger partial charge is 0.481 e. The van der Waals surface area contributed by atoms with Crippen molar-refractivity contribution in [2.75, 3.05) is 13.1 Å². The standard InChI is InChI=1S/C17H18N2O2/c20-17(21)16-12-19(10-13-4-2-1-3-5-13)11-15(16)14-6-8-18-9-7-14/h1-9,15-16H,10-12H2,(H,20,21)/t15-,16-/m1/s1. The normalized spacial score (nSPS) is 22.3. The predicted octanol–water partition coefficient (Wildman–Crippen LogP) is 2.38. The number of benzene rings is 1. The molecule has 1 aromatic heterocycles. The lowest BCUT2D eigenvalue weighted by molar-refractivity contribution is -0.141. The van der Waals surface area contributed by atoms with Crippen LogP contribution in [0.3, 0.4) is 0 Å². The first kappa shape index (κ1) is 13.8. The molecule has 3 rings (SSSR count). The first-order valence-electron chi connectivity index (χ1n) is 7.13. The molecule has 0 saturated carbocycles. The van der Waals surface area contributed by atoms with Crippen molar-refractivity contribution in [1.29, 1.82) is 0 Å². The second-order valence-electron chi connectivity index (χ2n) is 5.51. The molecule has 2 aromatic rings. The van der Waals surface area contributed by atoms with Crippen molar-refractivity contribution in [2.45, 2.75) is 12.5 Å². The summed E-state index contributed by atoms with van der Waals surface area (Å²) in [5, 5.41) is 9.49. The Labute approximate surface area is 124 Å². The lowest BCUT2D eigenvalue weighted by Gasteiger charge is -2.16. The van der Waals surface area contributed by atoms with Crippen LogP contribution in [0.4, 0.5) is 0 Å². The van der Waals surface area contributed by atoms with Crippen molar-refractivity contribution in [3.05, 3.63) is 66.0 Å². The topological polar surface area (TPSA) is 53.4 Å². The number of hydrogen-bond acceptors (Lipinski definition) is 3. The smallest absolute Gasteiger partial charge is 0.308 e. The van der Waals surface area contributed by atoms with Crippen molar-refractivity contribution in [2.24, 2.45) is 5.92 Å². The molecule has 1 aliphatic rings. The van der Waals surface area contributed by atoms with E-state index in [0.29, 0.717) is 6.54 Å². The molecule has 1 fully saturated rings. The molecule has 0 aliphatic carbocycles. The van der Waals surface area contributed by atoms with Gasteiger partial charge in [0.25, 0.3) is 0 Å².